The van der Waals surface area contributed by atoms with E-state index in [0.717, 1.165) is 25.0 Å². The van der Waals surface area contributed by atoms with Gasteiger partial charge in [-0.1, -0.05) is 0 Å². The maximum atomic E-state index is 11.1. The van der Waals surface area contributed by atoms with Gasteiger partial charge in [0.25, 0.3) is 0 Å². The summed E-state index contributed by atoms with van der Waals surface area (Å²) in [5.41, 5.74) is 1.62. The van der Waals surface area contributed by atoms with E-state index in [1.165, 1.54) is 6.92 Å². The van der Waals surface area contributed by atoms with Crippen LogP contribution in [0.2, 0.25) is 0 Å². The van der Waals surface area contributed by atoms with E-state index in [1.807, 2.05) is 0 Å². The van der Waals surface area contributed by atoms with E-state index in [4.69, 9.17) is 5.11 Å². The molecular formula is C11H15N3O3. The first-order chi connectivity index (χ1) is 8.09. The van der Waals surface area contributed by atoms with Gasteiger partial charge in [-0.2, -0.15) is 0 Å². The fourth-order valence-corrected chi connectivity index (χ4v) is 2.13. The highest BCUT2D eigenvalue weighted by Gasteiger charge is 2.23. The summed E-state index contributed by atoms with van der Waals surface area (Å²) in [7, 11) is 0. The van der Waals surface area contributed by atoms with Crippen molar-refractivity contribution in [3.8, 4) is 0 Å². The van der Waals surface area contributed by atoms with Crippen LogP contribution in [0.1, 0.15) is 41.8 Å². The minimum absolute atomic E-state index is 0.0834. The van der Waals surface area contributed by atoms with Gasteiger partial charge in [-0.3, -0.25) is 4.79 Å². The smallest absolute Gasteiger partial charge is 0.372 e. The summed E-state index contributed by atoms with van der Waals surface area (Å²) in [5.74, 6) is -1.07. The number of aromatic nitrogens is 2. The van der Waals surface area contributed by atoms with E-state index in [2.05, 4.69) is 10.3 Å². The summed E-state index contributed by atoms with van der Waals surface area (Å²) in [6.07, 6.45) is 2.84. The van der Waals surface area contributed by atoms with Gasteiger partial charge in [0.15, 0.2) is 0 Å². The lowest BCUT2D eigenvalue weighted by Gasteiger charge is -2.16. The minimum atomic E-state index is -1.01. The maximum Gasteiger partial charge on any atom is 0.372 e. The zero-order chi connectivity index (χ0) is 12.4. The van der Waals surface area contributed by atoms with Gasteiger partial charge in [0, 0.05) is 19.2 Å². The van der Waals surface area contributed by atoms with Gasteiger partial charge in [0.05, 0.1) is 12.2 Å². The lowest BCUT2D eigenvalue weighted by molar-refractivity contribution is -0.119. The molecule has 0 aliphatic carbocycles. The van der Waals surface area contributed by atoms with Crippen LogP contribution < -0.4 is 5.32 Å². The number of carboxylic acids is 1. The second-order valence-electron chi connectivity index (χ2n) is 4.15. The number of hydrogen-bond donors (Lipinski definition) is 2. The van der Waals surface area contributed by atoms with Gasteiger partial charge >= 0.3 is 5.97 Å². The number of nitrogens with one attached hydrogen (secondary N) is 1. The van der Waals surface area contributed by atoms with E-state index >= 15 is 0 Å². The fraction of sp³-hybridized carbons (Fsp3) is 0.545. The van der Waals surface area contributed by atoms with Crippen LogP contribution in [-0.4, -0.2) is 26.5 Å². The monoisotopic (exact) mass is 237 g/mol. The van der Waals surface area contributed by atoms with Crippen LogP contribution in [0.4, 0.5) is 0 Å². The molecule has 1 aliphatic rings. The first-order valence-electron chi connectivity index (χ1n) is 5.65. The normalized spacial score (nSPS) is 14.2. The van der Waals surface area contributed by atoms with Crippen LogP contribution >= 0.6 is 0 Å². The molecule has 1 aliphatic heterocycles. The van der Waals surface area contributed by atoms with Crippen molar-refractivity contribution in [2.24, 2.45) is 0 Å². The van der Waals surface area contributed by atoms with Crippen molar-refractivity contribution in [3.05, 3.63) is 17.2 Å². The van der Waals surface area contributed by atoms with Crippen molar-refractivity contribution in [2.45, 2.75) is 39.3 Å². The fourth-order valence-electron chi connectivity index (χ4n) is 2.13. The third-order valence-electron chi connectivity index (χ3n) is 2.90. The highest BCUT2D eigenvalue weighted by atomic mass is 16.4. The summed E-state index contributed by atoms with van der Waals surface area (Å²) >= 11 is 0. The molecular weight excluding hydrogens is 222 g/mol. The number of nitrogens with zero attached hydrogens (tertiary/aromatic N) is 2. The highest BCUT2D eigenvalue weighted by Crippen LogP contribution is 2.20. The third-order valence-corrected chi connectivity index (χ3v) is 2.90. The summed E-state index contributed by atoms with van der Waals surface area (Å²) in [5, 5.41) is 11.7. The van der Waals surface area contributed by atoms with Gasteiger partial charge in [0.1, 0.15) is 0 Å². The number of hydrogen-bond acceptors (Lipinski definition) is 3. The van der Waals surface area contributed by atoms with Crippen molar-refractivity contribution >= 4 is 11.9 Å². The maximum absolute atomic E-state index is 11.1. The van der Waals surface area contributed by atoms with Crippen LogP contribution in [0, 0.1) is 0 Å². The number of carboxylic acid groups (broad SMARTS) is 1. The Bertz CT molecular complexity index is 465. The number of aromatic carboxylic acids is 1. The van der Waals surface area contributed by atoms with Gasteiger partial charge < -0.3 is 15.0 Å². The largest absolute Gasteiger partial charge is 0.475 e. The Morgan fingerprint density at radius 2 is 2.24 bits per heavy atom. The Hall–Kier alpha value is -1.85. The molecule has 0 atom stereocenters. The molecule has 0 radical (unpaired) electrons. The molecule has 0 unspecified atom stereocenters. The molecule has 2 N–H and O–H groups in total. The quantitative estimate of drug-likeness (QED) is 0.804. The molecule has 1 aromatic heterocycles. The van der Waals surface area contributed by atoms with Crippen LogP contribution in [0.5, 0.6) is 0 Å². The Labute approximate surface area is 98.7 Å². The molecule has 0 spiro atoms. The molecule has 0 fully saturated rings. The Morgan fingerprint density at radius 3 is 2.88 bits per heavy atom. The van der Waals surface area contributed by atoms with Crippen molar-refractivity contribution in [2.75, 3.05) is 0 Å². The molecule has 2 heterocycles. The van der Waals surface area contributed by atoms with Crippen LogP contribution in [0.15, 0.2) is 0 Å². The number of carbonyl (C=O) groups is 2. The predicted octanol–water partition coefficient (Wildman–Crippen LogP) is 0.554. The Kier molecular flexibility index (Phi) is 3.12. The van der Waals surface area contributed by atoms with Crippen molar-refractivity contribution in [1.29, 1.82) is 0 Å². The summed E-state index contributed by atoms with van der Waals surface area (Å²) < 4.78 is 1.75. The predicted molar refractivity (Wildman–Crippen MR) is 59.6 cm³/mol. The van der Waals surface area contributed by atoms with E-state index in [9.17, 15) is 9.59 Å². The molecule has 17 heavy (non-hydrogen) atoms. The second kappa shape index (κ2) is 4.57. The van der Waals surface area contributed by atoms with Gasteiger partial charge in [-0.25, -0.2) is 9.78 Å². The van der Waals surface area contributed by atoms with Crippen LogP contribution in [0.3, 0.4) is 0 Å². The summed E-state index contributed by atoms with van der Waals surface area (Å²) in [4.78, 5) is 26.0. The number of carbonyl (C=O) groups excluding carboxylic acids is 1. The van der Waals surface area contributed by atoms with Gasteiger partial charge in [-0.15, -0.1) is 0 Å². The average Bonchev–Trinajstić information content (AvgIpc) is 2.65. The second-order valence-corrected chi connectivity index (χ2v) is 4.15. The van der Waals surface area contributed by atoms with Crippen molar-refractivity contribution in [1.82, 2.24) is 14.9 Å². The molecule has 0 bridgehead atoms. The molecule has 0 aromatic carbocycles. The standard InChI is InChI=1S/C11H15N3O3/c1-7(15)12-6-8-9-4-2-3-5-14(9)10(13-8)11(16)17/h2-6H2,1H3,(H,12,15)(H,16,17). The molecule has 0 saturated carbocycles. The topological polar surface area (TPSA) is 84.2 Å². The number of imidazole rings is 1. The lowest BCUT2D eigenvalue weighted by atomic mass is 10.1. The van der Waals surface area contributed by atoms with Gasteiger partial charge in [-0.05, 0) is 19.3 Å². The zero-order valence-electron chi connectivity index (χ0n) is 9.69. The lowest BCUT2D eigenvalue weighted by Crippen LogP contribution is -2.21. The van der Waals surface area contributed by atoms with E-state index < -0.39 is 5.97 Å². The third kappa shape index (κ3) is 2.30. The molecule has 0 saturated heterocycles. The Morgan fingerprint density at radius 1 is 1.47 bits per heavy atom. The number of rotatable bonds is 3. The average molecular weight is 237 g/mol. The minimum Gasteiger partial charge on any atom is -0.475 e. The van der Waals surface area contributed by atoms with Gasteiger partial charge in [0.2, 0.25) is 11.7 Å². The molecule has 1 aromatic rings. The highest BCUT2D eigenvalue weighted by molar-refractivity contribution is 5.84. The Balaban J connectivity index is 2.32. The van der Waals surface area contributed by atoms with E-state index in [0.29, 0.717) is 18.8 Å². The molecule has 1 amide bonds. The van der Waals surface area contributed by atoms with E-state index in [-0.39, 0.29) is 11.7 Å². The first-order valence-corrected chi connectivity index (χ1v) is 5.65. The molecule has 6 heteroatoms. The van der Waals surface area contributed by atoms with Crippen LogP contribution in [-0.2, 0) is 24.3 Å². The summed E-state index contributed by atoms with van der Waals surface area (Å²) in [6, 6.07) is 0. The van der Waals surface area contributed by atoms with E-state index in [1.54, 1.807) is 4.57 Å². The van der Waals surface area contributed by atoms with Crippen LogP contribution in [0.25, 0.3) is 0 Å². The number of amides is 1. The molecule has 6 nitrogen and oxygen atoms in total. The molecule has 2 rings (SSSR count). The SMILES string of the molecule is CC(=O)NCc1nc(C(=O)O)n2c1CCCC2. The zero-order valence-corrected chi connectivity index (χ0v) is 9.69. The number of fused-ring (bicyclic) bond motifs is 1. The molecule has 92 valence electrons. The van der Waals surface area contributed by atoms with Crippen molar-refractivity contribution < 1.29 is 14.7 Å². The van der Waals surface area contributed by atoms with Crippen molar-refractivity contribution in [3.63, 3.8) is 0 Å². The first kappa shape index (κ1) is 11.6. The summed E-state index contributed by atoms with van der Waals surface area (Å²) in [6.45, 7) is 2.43.